The van der Waals surface area contributed by atoms with Gasteiger partial charge in [0, 0.05) is 19.0 Å². The van der Waals surface area contributed by atoms with Gasteiger partial charge in [0.2, 0.25) is 0 Å². The van der Waals surface area contributed by atoms with E-state index in [1.165, 1.54) is 11.3 Å². The van der Waals surface area contributed by atoms with Crippen molar-refractivity contribution in [1.29, 1.82) is 0 Å². The van der Waals surface area contributed by atoms with Crippen molar-refractivity contribution < 1.29 is 9.21 Å². The molecule has 1 fully saturated rings. The summed E-state index contributed by atoms with van der Waals surface area (Å²) in [7, 11) is 0. The van der Waals surface area contributed by atoms with Crippen LogP contribution in [0.15, 0.2) is 34.9 Å². The number of thiophene rings is 1. The average Bonchev–Trinajstić information content (AvgIpc) is 3.35. The van der Waals surface area contributed by atoms with Crippen LogP contribution in [0, 0.1) is 0 Å². The van der Waals surface area contributed by atoms with Crippen molar-refractivity contribution in [3.63, 3.8) is 0 Å². The smallest absolute Gasteiger partial charge is 0.263 e. The standard InChI is InChI=1S/C16H14ClN3O2S2/c17-13-4-3-12(23-13)16(21)20-7-5-10(6-8-20)14-18-19-15(24-14)11-2-1-9-22-11/h1-4,9-10H,5-8H2. The summed E-state index contributed by atoms with van der Waals surface area (Å²) in [4.78, 5) is 15.1. The molecule has 0 bridgehead atoms. The van der Waals surface area contributed by atoms with Crippen LogP contribution in [-0.4, -0.2) is 34.1 Å². The van der Waals surface area contributed by atoms with Crippen molar-refractivity contribution in [3.8, 4) is 10.8 Å². The highest BCUT2D eigenvalue weighted by molar-refractivity contribution is 7.18. The molecule has 0 aliphatic carbocycles. The molecule has 1 aliphatic heterocycles. The summed E-state index contributed by atoms with van der Waals surface area (Å²) in [5, 5.41) is 10.4. The van der Waals surface area contributed by atoms with Gasteiger partial charge in [-0.1, -0.05) is 22.9 Å². The number of amides is 1. The highest BCUT2D eigenvalue weighted by atomic mass is 35.5. The molecule has 4 rings (SSSR count). The molecule has 1 saturated heterocycles. The molecule has 4 heterocycles. The third kappa shape index (κ3) is 3.11. The molecule has 3 aromatic rings. The molecular weight excluding hydrogens is 366 g/mol. The fraction of sp³-hybridized carbons (Fsp3) is 0.312. The Labute approximate surface area is 151 Å². The number of aromatic nitrogens is 2. The molecule has 0 saturated carbocycles. The second kappa shape index (κ2) is 6.66. The first kappa shape index (κ1) is 15.8. The van der Waals surface area contributed by atoms with Crippen molar-refractivity contribution in [2.45, 2.75) is 18.8 Å². The first-order chi connectivity index (χ1) is 11.7. The zero-order chi connectivity index (χ0) is 16.5. The van der Waals surface area contributed by atoms with Gasteiger partial charge in [-0.25, -0.2) is 0 Å². The molecule has 24 heavy (non-hydrogen) atoms. The van der Waals surface area contributed by atoms with Crippen LogP contribution < -0.4 is 0 Å². The zero-order valence-corrected chi connectivity index (χ0v) is 15.0. The summed E-state index contributed by atoms with van der Waals surface area (Å²) < 4.78 is 6.01. The molecule has 124 valence electrons. The molecule has 0 radical (unpaired) electrons. The maximum atomic E-state index is 12.5. The van der Waals surface area contributed by atoms with E-state index < -0.39 is 0 Å². The van der Waals surface area contributed by atoms with Crippen molar-refractivity contribution in [1.82, 2.24) is 15.1 Å². The second-order valence-electron chi connectivity index (χ2n) is 5.59. The van der Waals surface area contributed by atoms with Crippen LogP contribution in [0.25, 0.3) is 10.8 Å². The number of furan rings is 1. The van der Waals surface area contributed by atoms with E-state index in [1.807, 2.05) is 17.0 Å². The summed E-state index contributed by atoms with van der Waals surface area (Å²) in [5.74, 6) is 1.17. The third-order valence-electron chi connectivity index (χ3n) is 4.09. The molecular formula is C16H14ClN3O2S2. The Hall–Kier alpha value is -1.70. The minimum absolute atomic E-state index is 0.0684. The second-order valence-corrected chi connectivity index (χ2v) is 8.32. The monoisotopic (exact) mass is 379 g/mol. The van der Waals surface area contributed by atoms with E-state index in [0.29, 0.717) is 15.1 Å². The topological polar surface area (TPSA) is 59.2 Å². The van der Waals surface area contributed by atoms with E-state index in [0.717, 1.165) is 41.7 Å². The SMILES string of the molecule is O=C(c1ccc(Cl)s1)N1CCC(c2nnc(-c3ccco3)s2)CC1. The van der Waals surface area contributed by atoms with Gasteiger partial charge in [-0.05, 0) is 37.1 Å². The van der Waals surface area contributed by atoms with E-state index in [9.17, 15) is 4.79 Å². The van der Waals surface area contributed by atoms with Crippen LogP contribution in [0.3, 0.4) is 0 Å². The van der Waals surface area contributed by atoms with Crippen LogP contribution in [0.2, 0.25) is 4.34 Å². The predicted molar refractivity (Wildman–Crippen MR) is 94.8 cm³/mol. The largest absolute Gasteiger partial charge is 0.462 e. The number of carbonyl (C=O) groups excluding carboxylic acids is 1. The van der Waals surface area contributed by atoms with Crippen molar-refractivity contribution in [2.24, 2.45) is 0 Å². The van der Waals surface area contributed by atoms with Gasteiger partial charge < -0.3 is 9.32 Å². The molecule has 3 aromatic heterocycles. The maximum absolute atomic E-state index is 12.5. The number of nitrogens with zero attached hydrogens (tertiary/aromatic N) is 3. The van der Waals surface area contributed by atoms with Gasteiger partial charge in [-0.2, -0.15) is 0 Å². The Morgan fingerprint density at radius 3 is 2.71 bits per heavy atom. The fourth-order valence-electron chi connectivity index (χ4n) is 2.81. The molecule has 0 spiro atoms. The van der Waals surface area contributed by atoms with E-state index in [4.69, 9.17) is 16.0 Å². The number of halogens is 1. The van der Waals surface area contributed by atoms with E-state index >= 15 is 0 Å². The number of hydrogen-bond donors (Lipinski definition) is 0. The van der Waals surface area contributed by atoms with Crippen molar-refractivity contribution >= 4 is 40.2 Å². The first-order valence-corrected chi connectivity index (χ1v) is 9.63. The van der Waals surface area contributed by atoms with Gasteiger partial charge in [0.15, 0.2) is 10.8 Å². The summed E-state index contributed by atoms with van der Waals surface area (Å²) >= 11 is 8.82. The Bertz CT molecular complexity index is 835. The van der Waals surface area contributed by atoms with Gasteiger partial charge in [-0.3, -0.25) is 4.79 Å². The molecule has 5 nitrogen and oxygen atoms in total. The molecule has 1 amide bonds. The quantitative estimate of drug-likeness (QED) is 0.670. The molecule has 8 heteroatoms. The maximum Gasteiger partial charge on any atom is 0.263 e. The number of rotatable bonds is 3. The number of hydrogen-bond acceptors (Lipinski definition) is 6. The Kier molecular flexibility index (Phi) is 4.39. The lowest BCUT2D eigenvalue weighted by molar-refractivity contribution is 0.0718. The lowest BCUT2D eigenvalue weighted by atomic mass is 9.97. The van der Waals surface area contributed by atoms with E-state index in [-0.39, 0.29) is 5.91 Å². The normalized spacial score (nSPS) is 15.8. The van der Waals surface area contributed by atoms with Crippen LogP contribution in [0.5, 0.6) is 0 Å². The number of likely N-dealkylation sites (tertiary alicyclic amines) is 1. The predicted octanol–water partition coefficient (Wildman–Crippen LogP) is 4.53. The van der Waals surface area contributed by atoms with Crippen LogP contribution in [0.1, 0.15) is 33.4 Å². The van der Waals surface area contributed by atoms with Gasteiger partial charge in [0.25, 0.3) is 5.91 Å². The molecule has 0 aromatic carbocycles. The van der Waals surface area contributed by atoms with Gasteiger partial charge in [-0.15, -0.1) is 21.5 Å². The lowest BCUT2D eigenvalue weighted by Crippen LogP contribution is -2.37. The third-order valence-corrected chi connectivity index (χ3v) is 6.41. The van der Waals surface area contributed by atoms with E-state index in [2.05, 4.69) is 10.2 Å². The molecule has 0 unspecified atom stereocenters. The Morgan fingerprint density at radius 2 is 2.04 bits per heavy atom. The lowest BCUT2D eigenvalue weighted by Gasteiger charge is -2.30. The Balaban J connectivity index is 1.40. The molecule has 1 aliphatic rings. The van der Waals surface area contributed by atoms with E-state index in [1.54, 1.807) is 29.7 Å². The minimum Gasteiger partial charge on any atom is -0.462 e. The zero-order valence-electron chi connectivity index (χ0n) is 12.6. The van der Waals surface area contributed by atoms with Crippen LogP contribution >= 0.6 is 34.3 Å². The summed E-state index contributed by atoms with van der Waals surface area (Å²) in [6, 6.07) is 7.29. The van der Waals surface area contributed by atoms with Crippen LogP contribution in [0.4, 0.5) is 0 Å². The highest BCUT2D eigenvalue weighted by Gasteiger charge is 2.27. The number of piperidine rings is 1. The summed E-state index contributed by atoms with van der Waals surface area (Å²) in [5.41, 5.74) is 0. The molecule has 0 N–H and O–H groups in total. The van der Waals surface area contributed by atoms with Crippen molar-refractivity contribution in [2.75, 3.05) is 13.1 Å². The van der Waals surface area contributed by atoms with Gasteiger partial charge in [0.1, 0.15) is 5.01 Å². The van der Waals surface area contributed by atoms with Crippen molar-refractivity contribution in [3.05, 3.63) is 44.7 Å². The highest BCUT2D eigenvalue weighted by Crippen LogP contribution is 2.34. The van der Waals surface area contributed by atoms with Gasteiger partial charge >= 0.3 is 0 Å². The summed E-state index contributed by atoms with van der Waals surface area (Å²) in [6.45, 7) is 1.46. The summed E-state index contributed by atoms with van der Waals surface area (Å²) in [6.07, 6.45) is 3.44. The minimum atomic E-state index is 0.0684. The Morgan fingerprint density at radius 1 is 1.21 bits per heavy atom. The molecule has 0 atom stereocenters. The van der Waals surface area contributed by atoms with Gasteiger partial charge in [0.05, 0.1) is 15.5 Å². The first-order valence-electron chi connectivity index (χ1n) is 7.62. The average molecular weight is 380 g/mol. The fourth-order valence-corrected chi connectivity index (χ4v) is 4.81. The van der Waals surface area contributed by atoms with Crippen LogP contribution in [-0.2, 0) is 0 Å². The number of carbonyl (C=O) groups is 1.